The van der Waals surface area contributed by atoms with Crippen LogP contribution in [-0.2, 0) is 5.41 Å². The zero-order valence-corrected chi connectivity index (χ0v) is 11.5. The molecular weight excluding hydrogens is 272 g/mol. The van der Waals surface area contributed by atoms with E-state index in [4.69, 9.17) is 0 Å². The Hall–Kier alpha value is -0.300. The molecule has 2 unspecified atom stereocenters. The molecule has 17 heavy (non-hydrogen) atoms. The van der Waals surface area contributed by atoms with Gasteiger partial charge in [0.2, 0.25) is 0 Å². The fourth-order valence-electron chi connectivity index (χ4n) is 6.22. The van der Waals surface area contributed by atoms with Gasteiger partial charge in [0.15, 0.2) is 0 Å². The van der Waals surface area contributed by atoms with Gasteiger partial charge in [-0.1, -0.05) is 28.1 Å². The maximum Gasteiger partial charge on any atom is 0.0175 e. The van der Waals surface area contributed by atoms with Crippen LogP contribution in [0.3, 0.4) is 0 Å². The predicted octanol–water partition coefficient (Wildman–Crippen LogP) is 4.53. The Labute approximate surface area is 111 Å². The molecule has 0 saturated heterocycles. The minimum Gasteiger partial charge on any atom is -0.0574 e. The summed E-state index contributed by atoms with van der Waals surface area (Å²) in [5.74, 6) is 3.34. The van der Waals surface area contributed by atoms with E-state index >= 15 is 0 Å². The molecule has 1 aromatic carbocycles. The van der Waals surface area contributed by atoms with E-state index in [0.29, 0.717) is 5.41 Å². The van der Waals surface area contributed by atoms with E-state index in [0.717, 1.165) is 23.2 Å². The van der Waals surface area contributed by atoms with E-state index < -0.39 is 0 Å². The molecule has 1 spiro atoms. The lowest BCUT2D eigenvalue weighted by Gasteiger charge is -2.66. The van der Waals surface area contributed by atoms with E-state index in [9.17, 15) is 0 Å². The second kappa shape index (κ2) is 2.66. The maximum absolute atomic E-state index is 3.56. The molecule has 0 aromatic heterocycles. The van der Waals surface area contributed by atoms with Crippen LogP contribution in [0.25, 0.3) is 0 Å². The van der Waals surface area contributed by atoms with Gasteiger partial charge in [0.1, 0.15) is 0 Å². The van der Waals surface area contributed by atoms with Crippen LogP contribution in [0.5, 0.6) is 0 Å². The number of halogens is 1. The molecule has 4 aliphatic carbocycles. The Morgan fingerprint density at radius 1 is 0.941 bits per heavy atom. The molecule has 4 aliphatic rings. The topological polar surface area (TPSA) is 0 Å². The third-order valence-corrected chi connectivity index (χ3v) is 7.32. The van der Waals surface area contributed by atoms with E-state index in [-0.39, 0.29) is 0 Å². The van der Waals surface area contributed by atoms with Gasteiger partial charge in [0, 0.05) is 4.47 Å². The third-order valence-electron chi connectivity index (χ3n) is 6.79. The van der Waals surface area contributed by atoms with E-state index in [1.807, 2.05) is 0 Å². The van der Waals surface area contributed by atoms with Crippen LogP contribution in [0.4, 0.5) is 0 Å². The molecule has 0 aliphatic heterocycles. The predicted molar refractivity (Wildman–Crippen MR) is 71.8 cm³/mol. The van der Waals surface area contributed by atoms with Crippen molar-refractivity contribution < 1.29 is 0 Å². The molecule has 0 amide bonds. The summed E-state index contributed by atoms with van der Waals surface area (Å²) < 4.78 is 1.22. The van der Waals surface area contributed by atoms with Crippen LogP contribution < -0.4 is 0 Å². The summed E-state index contributed by atoms with van der Waals surface area (Å²) in [5.41, 5.74) is 3.08. The first kappa shape index (κ1) is 9.61. The van der Waals surface area contributed by atoms with Gasteiger partial charge in [0.25, 0.3) is 0 Å². The van der Waals surface area contributed by atoms with Crippen molar-refractivity contribution in [1.82, 2.24) is 0 Å². The van der Waals surface area contributed by atoms with Crippen molar-refractivity contribution in [2.45, 2.75) is 37.5 Å². The molecule has 4 saturated carbocycles. The average Bonchev–Trinajstić information content (AvgIpc) is 2.76. The van der Waals surface area contributed by atoms with Gasteiger partial charge in [-0.05, 0) is 78.4 Å². The third kappa shape index (κ3) is 0.885. The first-order chi connectivity index (χ1) is 8.23. The summed E-state index contributed by atoms with van der Waals surface area (Å²) >= 11 is 3.56. The van der Waals surface area contributed by atoms with Gasteiger partial charge in [-0.3, -0.25) is 0 Å². The molecule has 5 atom stereocenters. The second-order valence-electron chi connectivity index (χ2n) is 7.05. The summed E-state index contributed by atoms with van der Waals surface area (Å²) in [6.45, 7) is 0. The number of rotatable bonds is 1. The van der Waals surface area contributed by atoms with Crippen molar-refractivity contribution in [2.75, 3.05) is 0 Å². The van der Waals surface area contributed by atoms with Gasteiger partial charge in [-0.2, -0.15) is 0 Å². The van der Waals surface area contributed by atoms with Gasteiger partial charge >= 0.3 is 0 Å². The Balaban J connectivity index is 1.62. The highest BCUT2D eigenvalue weighted by molar-refractivity contribution is 9.10. The second-order valence-corrected chi connectivity index (χ2v) is 7.96. The molecule has 4 fully saturated rings. The van der Waals surface area contributed by atoms with Crippen molar-refractivity contribution in [3.05, 3.63) is 34.3 Å². The highest BCUT2D eigenvalue weighted by Crippen LogP contribution is 2.84. The minimum absolute atomic E-state index is 0.585. The molecule has 1 heteroatoms. The molecule has 0 heterocycles. The zero-order valence-electron chi connectivity index (χ0n) is 9.95. The molecule has 0 nitrogen and oxygen atoms in total. The van der Waals surface area contributed by atoms with Gasteiger partial charge in [-0.25, -0.2) is 0 Å². The highest BCUT2D eigenvalue weighted by atomic mass is 79.9. The monoisotopic (exact) mass is 288 g/mol. The highest BCUT2D eigenvalue weighted by Gasteiger charge is 2.77. The van der Waals surface area contributed by atoms with Crippen molar-refractivity contribution in [2.24, 2.45) is 23.2 Å². The molecule has 5 rings (SSSR count). The van der Waals surface area contributed by atoms with Gasteiger partial charge < -0.3 is 0 Å². The lowest BCUT2D eigenvalue weighted by molar-refractivity contribution is -0.175. The zero-order chi connectivity index (χ0) is 11.3. The lowest BCUT2D eigenvalue weighted by atomic mass is 9.38. The largest absolute Gasteiger partial charge is 0.0574 e. The number of hydrogen-bond acceptors (Lipinski definition) is 0. The van der Waals surface area contributed by atoms with Crippen LogP contribution in [0.1, 0.15) is 37.7 Å². The standard InChI is InChI=1S/C16H17Br/c17-14-3-1-10(2-4-14)15-7-12-5-11-6-13(8-15)16(11,12)9-15/h1-4,11-13H,5-9H2/t11?,12-,13+,15?,16+. The Morgan fingerprint density at radius 3 is 2.12 bits per heavy atom. The van der Waals surface area contributed by atoms with E-state index in [1.54, 1.807) is 18.4 Å². The van der Waals surface area contributed by atoms with Crippen molar-refractivity contribution in [1.29, 1.82) is 0 Å². The van der Waals surface area contributed by atoms with E-state index in [2.05, 4.69) is 40.2 Å². The van der Waals surface area contributed by atoms with Crippen molar-refractivity contribution >= 4 is 15.9 Å². The van der Waals surface area contributed by atoms with Crippen LogP contribution in [-0.4, -0.2) is 0 Å². The summed E-state index contributed by atoms with van der Waals surface area (Å²) in [6, 6.07) is 9.23. The van der Waals surface area contributed by atoms with Crippen LogP contribution in [0.2, 0.25) is 0 Å². The normalized spacial score (nSPS) is 52.9. The number of benzene rings is 1. The van der Waals surface area contributed by atoms with Crippen LogP contribution in [0, 0.1) is 23.2 Å². The lowest BCUT2D eigenvalue weighted by Crippen LogP contribution is -2.59. The first-order valence-corrected chi connectivity index (χ1v) is 7.78. The Kier molecular flexibility index (Phi) is 1.50. The average molecular weight is 289 g/mol. The fraction of sp³-hybridized carbons (Fsp3) is 0.625. The van der Waals surface area contributed by atoms with Gasteiger partial charge in [-0.15, -0.1) is 0 Å². The molecule has 2 bridgehead atoms. The van der Waals surface area contributed by atoms with E-state index in [1.165, 1.54) is 23.7 Å². The number of hydrogen-bond donors (Lipinski definition) is 0. The summed E-state index contributed by atoms with van der Waals surface area (Å²) in [6.07, 6.45) is 7.66. The molecular formula is C16H17Br. The Bertz CT molecular complexity index is 485. The fourth-order valence-corrected chi connectivity index (χ4v) is 6.48. The maximum atomic E-state index is 3.56. The number of fused-ring (bicyclic) bond motifs is 1. The molecule has 1 aromatic rings. The van der Waals surface area contributed by atoms with Crippen LogP contribution in [0.15, 0.2) is 28.7 Å². The van der Waals surface area contributed by atoms with Crippen LogP contribution >= 0.6 is 15.9 Å². The smallest absolute Gasteiger partial charge is 0.0175 e. The summed E-state index contributed by atoms with van der Waals surface area (Å²) in [4.78, 5) is 0. The summed E-state index contributed by atoms with van der Waals surface area (Å²) in [7, 11) is 0. The Morgan fingerprint density at radius 2 is 1.59 bits per heavy atom. The SMILES string of the molecule is Brc1ccc(C23C[C@H]4CC5C[C@@H](C2)[C@@]54C3)cc1. The molecule has 0 N–H and O–H groups in total. The quantitative estimate of drug-likeness (QED) is 0.712. The minimum atomic E-state index is 0.585. The van der Waals surface area contributed by atoms with Crippen molar-refractivity contribution in [3.8, 4) is 0 Å². The summed E-state index contributed by atoms with van der Waals surface area (Å²) in [5, 5.41) is 0. The molecule has 88 valence electrons. The molecule has 0 radical (unpaired) electrons. The first-order valence-electron chi connectivity index (χ1n) is 6.99. The van der Waals surface area contributed by atoms with Gasteiger partial charge in [0.05, 0.1) is 0 Å². The van der Waals surface area contributed by atoms with Crippen molar-refractivity contribution in [3.63, 3.8) is 0 Å².